The van der Waals surface area contributed by atoms with Gasteiger partial charge in [-0.1, -0.05) is 18.2 Å². The Kier molecular flexibility index (Phi) is 7.14. The van der Waals surface area contributed by atoms with Gasteiger partial charge in [0.15, 0.2) is 0 Å². The van der Waals surface area contributed by atoms with Crippen LogP contribution >= 0.6 is 11.3 Å². The Bertz CT molecular complexity index is 1070. The van der Waals surface area contributed by atoms with Crippen LogP contribution in [0.1, 0.15) is 26.6 Å². The smallest absolute Gasteiger partial charge is 0.255 e. The monoisotopic (exact) mass is 451 g/mol. The molecule has 4 rings (SSSR count). The van der Waals surface area contributed by atoms with Crippen LogP contribution in [-0.2, 0) is 22.6 Å². The third kappa shape index (κ3) is 5.93. The van der Waals surface area contributed by atoms with Crippen LogP contribution in [0.4, 0.5) is 5.69 Å². The molecular weight excluding hydrogens is 426 g/mol. The van der Waals surface area contributed by atoms with Gasteiger partial charge in [0, 0.05) is 29.7 Å². The fourth-order valence-electron chi connectivity index (χ4n) is 3.37. The van der Waals surface area contributed by atoms with Gasteiger partial charge in [-0.25, -0.2) is 4.98 Å². The van der Waals surface area contributed by atoms with E-state index in [1.807, 2.05) is 47.5 Å². The maximum atomic E-state index is 12.7. The van der Waals surface area contributed by atoms with Crippen LogP contribution < -0.4 is 10.1 Å². The van der Waals surface area contributed by atoms with Crippen LogP contribution in [0, 0.1) is 6.92 Å². The number of nitrogens with one attached hydrogen (secondary N) is 1. The summed E-state index contributed by atoms with van der Waals surface area (Å²) in [5, 5.41) is 5.85. The first-order chi connectivity index (χ1) is 15.6. The normalized spacial score (nSPS) is 13.6. The molecule has 2 heterocycles. The van der Waals surface area contributed by atoms with E-state index < -0.39 is 0 Å². The minimum absolute atomic E-state index is 0.0923. The number of carbonyl (C=O) groups excluding carboxylic acids is 2. The van der Waals surface area contributed by atoms with Crippen molar-refractivity contribution in [2.75, 3.05) is 31.6 Å². The number of hydrogen-bond acceptors (Lipinski definition) is 6. The number of carbonyl (C=O) groups is 2. The van der Waals surface area contributed by atoms with Crippen molar-refractivity contribution in [3.63, 3.8) is 0 Å². The van der Waals surface area contributed by atoms with Crippen molar-refractivity contribution in [3.05, 3.63) is 75.7 Å². The summed E-state index contributed by atoms with van der Waals surface area (Å²) in [5.41, 5.74) is 2.95. The van der Waals surface area contributed by atoms with E-state index in [2.05, 4.69) is 10.3 Å². The number of amides is 2. The number of thiazole rings is 1. The molecule has 1 aliphatic heterocycles. The lowest BCUT2D eigenvalue weighted by molar-refractivity contribution is -0.134. The lowest BCUT2D eigenvalue weighted by Crippen LogP contribution is -2.41. The molecule has 1 aliphatic rings. The van der Waals surface area contributed by atoms with Crippen LogP contribution in [0.15, 0.2) is 53.9 Å². The molecule has 0 atom stereocenters. The first kappa shape index (κ1) is 22.0. The van der Waals surface area contributed by atoms with Gasteiger partial charge in [0.1, 0.15) is 12.4 Å². The number of hydrogen-bond donors (Lipinski definition) is 1. The third-order valence-corrected chi connectivity index (χ3v) is 5.90. The second-order valence-electron chi connectivity index (χ2n) is 7.50. The lowest BCUT2D eigenvalue weighted by atomic mass is 10.1. The molecule has 2 aromatic carbocycles. The zero-order valence-electron chi connectivity index (χ0n) is 17.9. The Morgan fingerprint density at radius 1 is 1.16 bits per heavy atom. The number of anilines is 1. The van der Waals surface area contributed by atoms with E-state index in [-0.39, 0.29) is 11.8 Å². The molecule has 0 bridgehead atoms. The molecule has 2 amide bonds. The SMILES string of the molecule is Cc1nc(COc2cccc(C(=O)Nc3ccc(CC(=O)N4CCOCC4)cc3)c2)cs1. The average Bonchev–Trinajstić information content (AvgIpc) is 3.25. The minimum atomic E-state index is -0.225. The number of benzene rings is 2. The Balaban J connectivity index is 1.31. The molecule has 0 spiro atoms. The highest BCUT2D eigenvalue weighted by Crippen LogP contribution is 2.18. The summed E-state index contributed by atoms with van der Waals surface area (Å²) in [6, 6.07) is 14.4. The van der Waals surface area contributed by atoms with Gasteiger partial charge < -0.3 is 19.7 Å². The van der Waals surface area contributed by atoms with E-state index in [1.165, 1.54) is 0 Å². The Hall–Kier alpha value is -3.23. The predicted octanol–water partition coefficient (Wildman–Crippen LogP) is 3.68. The van der Waals surface area contributed by atoms with Crippen molar-refractivity contribution in [1.82, 2.24) is 9.88 Å². The van der Waals surface area contributed by atoms with Gasteiger partial charge in [-0.05, 0) is 42.8 Å². The van der Waals surface area contributed by atoms with Gasteiger partial charge in [-0.15, -0.1) is 11.3 Å². The van der Waals surface area contributed by atoms with Crippen LogP contribution in [0.25, 0.3) is 0 Å². The maximum Gasteiger partial charge on any atom is 0.255 e. The summed E-state index contributed by atoms with van der Waals surface area (Å²) in [6.45, 7) is 4.77. The topological polar surface area (TPSA) is 80.8 Å². The molecule has 7 nitrogen and oxygen atoms in total. The summed E-state index contributed by atoms with van der Waals surface area (Å²) in [7, 11) is 0. The molecule has 0 radical (unpaired) electrons. The van der Waals surface area contributed by atoms with E-state index in [0.717, 1.165) is 16.3 Å². The number of ether oxygens (including phenoxy) is 2. The highest BCUT2D eigenvalue weighted by atomic mass is 32.1. The summed E-state index contributed by atoms with van der Waals surface area (Å²) >= 11 is 1.58. The van der Waals surface area contributed by atoms with Gasteiger partial charge in [-0.3, -0.25) is 9.59 Å². The van der Waals surface area contributed by atoms with Gasteiger partial charge in [0.05, 0.1) is 30.3 Å². The van der Waals surface area contributed by atoms with Crippen LogP contribution in [0.3, 0.4) is 0 Å². The molecule has 3 aromatic rings. The summed E-state index contributed by atoms with van der Waals surface area (Å²) in [5.74, 6) is 0.479. The van der Waals surface area contributed by atoms with Crippen molar-refractivity contribution < 1.29 is 19.1 Å². The average molecular weight is 452 g/mol. The molecule has 1 saturated heterocycles. The highest BCUT2D eigenvalue weighted by Gasteiger charge is 2.17. The number of morpholine rings is 1. The van der Waals surface area contributed by atoms with Crippen molar-refractivity contribution in [1.29, 1.82) is 0 Å². The molecule has 32 heavy (non-hydrogen) atoms. The van der Waals surface area contributed by atoms with Crippen molar-refractivity contribution in [2.45, 2.75) is 20.0 Å². The largest absolute Gasteiger partial charge is 0.487 e. The van der Waals surface area contributed by atoms with E-state index in [9.17, 15) is 9.59 Å². The Labute approximate surface area is 191 Å². The van der Waals surface area contributed by atoms with E-state index in [1.54, 1.807) is 29.5 Å². The zero-order valence-corrected chi connectivity index (χ0v) is 18.7. The quantitative estimate of drug-likeness (QED) is 0.593. The first-order valence-corrected chi connectivity index (χ1v) is 11.3. The first-order valence-electron chi connectivity index (χ1n) is 10.5. The number of aromatic nitrogens is 1. The second kappa shape index (κ2) is 10.4. The van der Waals surface area contributed by atoms with E-state index in [0.29, 0.717) is 56.3 Å². The summed E-state index contributed by atoms with van der Waals surface area (Å²) < 4.78 is 11.1. The number of aryl methyl sites for hydroxylation is 1. The molecule has 1 N–H and O–H groups in total. The second-order valence-corrected chi connectivity index (χ2v) is 8.56. The molecule has 0 unspecified atom stereocenters. The Morgan fingerprint density at radius 3 is 2.66 bits per heavy atom. The van der Waals surface area contributed by atoms with E-state index in [4.69, 9.17) is 9.47 Å². The standard InChI is InChI=1S/C24H25N3O4S/c1-17-25-21(16-32-17)15-31-22-4-2-3-19(14-22)24(29)26-20-7-5-18(6-8-20)13-23(28)27-9-11-30-12-10-27/h2-8,14,16H,9-13,15H2,1H3,(H,26,29). The molecular formula is C24H25N3O4S. The molecule has 0 aliphatic carbocycles. The third-order valence-electron chi connectivity index (χ3n) is 5.08. The number of nitrogens with zero attached hydrogens (tertiary/aromatic N) is 2. The fourth-order valence-corrected chi connectivity index (χ4v) is 3.96. The molecule has 0 saturated carbocycles. The maximum absolute atomic E-state index is 12.7. The molecule has 1 aromatic heterocycles. The van der Waals surface area contributed by atoms with Gasteiger partial charge >= 0.3 is 0 Å². The predicted molar refractivity (Wildman–Crippen MR) is 123 cm³/mol. The van der Waals surface area contributed by atoms with Crippen molar-refractivity contribution in [3.8, 4) is 5.75 Å². The molecule has 1 fully saturated rings. The minimum Gasteiger partial charge on any atom is -0.487 e. The zero-order chi connectivity index (χ0) is 22.3. The van der Waals surface area contributed by atoms with E-state index >= 15 is 0 Å². The van der Waals surface area contributed by atoms with Crippen molar-refractivity contribution >= 4 is 28.8 Å². The lowest BCUT2D eigenvalue weighted by Gasteiger charge is -2.26. The summed E-state index contributed by atoms with van der Waals surface area (Å²) in [4.78, 5) is 31.2. The Morgan fingerprint density at radius 2 is 1.94 bits per heavy atom. The van der Waals surface area contributed by atoms with Gasteiger partial charge in [0.2, 0.25) is 5.91 Å². The van der Waals surface area contributed by atoms with Gasteiger partial charge in [-0.2, -0.15) is 0 Å². The highest BCUT2D eigenvalue weighted by molar-refractivity contribution is 7.09. The van der Waals surface area contributed by atoms with Crippen LogP contribution in [-0.4, -0.2) is 48.0 Å². The van der Waals surface area contributed by atoms with Crippen LogP contribution in [0.2, 0.25) is 0 Å². The van der Waals surface area contributed by atoms with Crippen LogP contribution in [0.5, 0.6) is 5.75 Å². The summed E-state index contributed by atoms with van der Waals surface area (Å²) in [6.07, 6.45) is 0.339. The molecule has 8 heteroatoms. The van der Waals surface area contributed by atoms with Gasteiger partial charge in [0.25, 0.3) is 5.91 Å². The fraction of sp³-hybridized carbons (Fsp3) is 0.292. The number of rotatable bonds is 7. The van der Waals surface area contributed by atoms with Crippen molar-refractivity contribution in [2.24, 2.45) is 0 Å². The molecule has 166 valence electrons.